The van der Waals surface area contributed by atoms with Gasteiger partial charge in [0.1, 0.15) is 0 Å². The third kappa shape index (κ3) is 5.56. The summed E-state index contributed by atoms with van der Waals surface area (Å²) in [6.07, 6.45) is 5.26. The molecule has 0 aliphatic heterocycles. The maximum Gasteiger partial charge on any atom is 0.308 e. The second-order valence-corrected chi connectivity index (χ2v) is 9.11. The van der Waals surface area contributed by atoms with Gasteiger partial charge in [-0.15, -0.1) is 0 Å². The smallest absolute Gasteiger partial charge is 0.308 e. The number of hydrogen-bond acceptors (Lipinski definition) is 4. The molecule has 2 N–H and O–H groups in total. The molecule has 6 nitrogen and oxygen atoms in total. The van der Waals surface area contributed by atoms with Gasteiger partial charge in [0.05, 0.1) is 23.0 Å². The fraction of sp³-hybridized carbons (Fsp3) is 0.579. The number of aliphatic carboxylic acids is 1. The fourth-order valence-electron chi connectivity index (χ4n) is 3.38. The first-order chi connectivity index (χ1) is 12.3. The summed E-state index contributed by atoms with van der Waals surface area (Å²) in [5.74, 6) is -1.60. The van der Waals surface area contributed by atoms with E-state index in [0.717, 1.165) is 25.7 Å². The molecular formula is C19H27NO5S. The van der Waals surface area contributed by atoms with E-state index in [4.69, 9.17) is 0 Å². The summed E-state index contributed by atoms with van der Waals surface area (Å²) in [5, 5.41) is 12.3. The highest BCUT2D eigenvalue weighted by Crippen LogP contribution is 2.23. The molecule has 0 bridgehead atoms. The van der Waals surface area contributed by atoms with Crippen LogP contribution in [0.4, 0.5) is 0 Å². The lowest BCUT2D eigenvalue weighted by molar-refractivity contribution is -0.143. The molecule has 2 unspecified atom stereocenters. The predicted octanol–water partition coefficient (Wildman–Crippen LogP) is 2.56. The van der Waals surface area contributed by atoms with Gasteiger partial charge in [0, 0.05) is 6.04 Å². The van der Waals surface area contributed by atoms with Gasteiger partial charge in [-0.05, 0) is 30.5 Å². The predicted molar refractivity (Wildman–Crippen MR) is 98.6 cm³/mol. The van der Waals surface area contributed by atoms with Crippen LogP contribution in [0, 0.1) is 5.92 Å². The summed E-state index contributed by atoms with van der Waals surface area (Å²) in [5.41, 5.74) is 0.704. The van der Waals surface area contributed by atoms with Crippen LogP contribution in [0.15, 0.2) is 29.2 Å². The van der Waals surface area contributed by atoms with Crippen LogP contribution in [0.5, 0.6) is 0 Å². The first kappa shape index (κ1) is 20.4. The second kappa shape index (κ2) is 9.16. The molecule has 1 aliphatic carbocycles. The van der Waals surface area contributed by atoms with Crippen molar-refractivity contribution < 1.29 is 23.1 Å². The molecule has 2 atom stereocenters. The van der Waals surface area contributed by atoms with Crippen LogP contribution in [0.2, 0.25) is 0 Å². The SMILES string of the molecule is CCS(=O)(=O)c1ccc(CC(=O)NC2CCCCCCC2C(=O)O)cc1. The van der Waals surface area contributed by atoms with Crippen molar-refractivity contribution >= 4 is 21.7 Å². The zero-order valence-corrected chi connectivity index (χ0v) is 15.9. The van der Waals surface area contributed by atoms with Gasteiger partial charge >= 0.3 is 5.97 Å². The van der Waals surface area contributed by atoms with E-state index >= 15 is 0 Å². The highest BCUT2D eigenvalue weighted by Gasteiger charge is 2.29. The average Bonchev–Trinajstić information content (AvgIpc) is 2.57. The van der Waals surface area contributed by atoms with Crippen LogP contribution >= 0.6 is 0 Å². The van der Waals surface area contributed by atoms with E-state index in [1.54, 1.807) is 19.1 Å². The quantitative estimate of drug-likeness (QED) is 0.789. The number of carbonyl (C=O) groups is 2. The van der Waals surface area contributed by atoms with E-state index in [1.165, 1.54) is 12.1 Å². The Kier molecular flexibility index (Phi) is 7.20. The van der Waals surface area contributed by atoms with E-state index in [2.05, 4.69) is 5.32 Å². The van der Waals surface area contributed by atoms with Crippen LogP contribution < -0.4 is 5.32 Å². The van der Waals surface area contributed by atoms with Gasteiger partial charge < -0.3 is 10.4 Å². The minimum absolute atomic E-state index is 0.0328. The highest BCUT2D eigenvalue weighted by atomic mass is 32.2. The monoisotopic (exact) mass is 381 g/mol. The minimum atomic E-state index is -3.26. The Labute approximate surface area is 154 Å². The Morgan fingerprint density at radius 2 is 1.69 bits per heavy atom. The van der Waals surface area contributed by atoms with Crippen molar-refractivity contribution in [2.45, 2.75) is 62.8 Å². The minimum Gasteiger partial charge on any atom is -0.481 e. The summed E-state index contributed by atoms with van der Waals surface area (Å²) < 4.78 is 23.6. The lowest BCUT2D eigenvalue weighted by Crippen LogP contribution is -2.44. The third-order valence-electron chi connectivity index (χ3n) is 4.96. The normalized spacial score (nSPS) is 21.4. The number of rotatable bonds is 6. The summed E-state index contributed by atoms with van der Waals surface area (Å²) >= 11 is 0. The topological polar surface area (TPSA) is 101 Å². The molecule has 1 aromatic rings. The van der Waals surface area contributed by atoms with Crippen LogP contribution in [0.25, 0.3) is 0 Å². The Morgan fingerprint density at radius 1 is 1.08 bits per heavy atom. The van der Waals surface area contributed by atoms with Gasteiger partial charge in [0.15, 0.2) is 9.84 Å². The van der Waals surface area contributed by atoms with E-state index in [0.29, 0.717) is 18.4 Å². The molecule has 1 aromatic carbocycles. The first-order valence-electron chi connectivity index (χ1n) is 9.17. The summed E-state index contributed by atoms with van der Waals surface area (Å²) in [4.78, 5) is 24.1. The number of carboxylic acids is 1. The van der Waals surface area contributed by atoms with E-state index in [9.17, 15) is 23.1 Å². The van der Waals surface area contributed by atoms with E-state index in [-0.39, 0.29) is 29.0 Å². The van der Waals surface area contributed by atoms with Crippen molar-refractivity contribution in [3.05, 3.63) is 29.8 Å². The van der Waals surface area contributed by atoms with Gasteiger partial charge in [0.2, 0.25) is 5.91 Å². The van der Waals surface area contributed by atoms with Gasteiger partial charge in [-0.25, -0.2) is 8.42 Å². The number of carbonyl (C=O) groups excluding carboxylic acids is 1. The van der Waals surface area contributed by atoms with Crippen molar-refractivity contribution in [2.24, 2.45) is 5.92 Å². The molecule has 0 saturated heterocycles. The number of nitrogens with one attached hydrogen (secondary N) is 1. The van der Waals surface area contributed by atoms with Crippen molar-refractivity contribution in [3.8, 4) is 0 Å². The maximum absolute atomic E-state index is 12.4. The van der Waals surface area contributed by atoms with Crippen LogP contribution in [0.3, 0.4) is 0 Å². The molecule has 26 heavy (non-hydrogen) atoms. The molecule has 0 radical (unpaired) electrons. The number of hydrogen-bond donors (Lipinski definition) is 2. The highest BCUT2D eigenvalue weighted by molar-refractivity contribution is 7.91. The van der Waals surface area contributed by atoms with Crippen molar-refractivity contribution in [1.29, 1.82) is 0 Å². The standard InChI is InChI=1S/C19H27NO5S/c1-2-26(24,25)15-11-9-14(10-12-15)13-18(21)20-17-8-6-4-3-5-7-16(17)19(22)23/h9-12,16-17H,2-8,13H2,1H3,(H,20,21)(H,22,23). The summed E-state index contributed by atoms with van der Waals surface area (Å²) in [6, 6.07) is 5.94. The summed E-state index contributed by atoms with van der Waals surface area (Å²) in [7, 11) is -3.26. The van der Waals surface area contributed by atoms with Gasteiger partial charge in [0.25, 0.3) is 0 Å². The zero-order valence-electron chi connectivity index (χ0n) is 15.1. The lowest BCUT2D eigenvalue weighted by Gasteiger charge is -2.27. The van der Waals surface area contributed by atoms with Crippen molar-refractivity contribution in [2.75, 3.05) is 5.75 Å². The number of sulfone groups is 1. The fourth-order valence-corrected chi connectivity index (χ4v) is 4.26. The average molecular weight is 381 g/mol. The Bertz CT molecular complexity index is 727. The van der Waals surface area contributed by atoms with Crippen molar-refractivity contribution in [1.82, 2.24) is 5.32 Å². The molecule has 1 aliphatic rings. The van der Waals surface area contributed by atoms with Crippen LogP contribution in [0.1, 0.15) is 51.0 Å². The molecular weight excluding hydrogens is 354 g/mol. The van der Waals surface area contributed by atoms with Crippen molar-refractivity contribution in [3.63, 3.8) is 0 Å². The molecule has 144 valence electrons. The maximum atomic E-state index is 12.4. The Hall–Kier alpha value is -1.89. The Morgan fingerprint density at radius 3 is 2.27 bits per heavy atom. The molecule has 0 spiro atoms. The Balaban J connectivity index is 2.01. The largest absolute Gasteiger partial charge is 0.481 e. The van der Waals surface area contributed by atoms with Gasteiger partial charge in [-0.2, -0.15) is 0 Å². The number of carboxylic acid groups (broad SMARTS) is 1. The number of benzene rings is 1. The third-order valence-corrected chi connectivity index (χ3v) is 6.71. The van der Waals surface area contributed by atoms with Crippen LogP contribution in [-0.4, -0.2) is 37.2 Å². The van der Waals surface area contributed by atoms with E-state index < -0.39 is 21.7 Å². The zero-order chi connectivity index (χ0) is 19.2. The number of amides is 1. The van der Waals surface area contributed by atoms with E-state index in [1.807, 2.05) is 0 Å². The molecule has 1 fully saturated rings. The molecule has 0 aromatic heterocycles. The van der Waals surface area contributed by atoms with Gasteiger partial charge in [-0.3, -0.25) is 9.59 Å². The summed E-state index contributed by atoms with van der Waals surface area (Å²) in [6.45, 7) is 1.59. The molecule has 7 heteroatoms. The molecule has 2 rings (SSSR count). The molecule has 0 heterocycles. The first-order valence-corrected chi connectivity index (χ1v) is 10.8. The molecule has 1 amide bonds. The van der Waals surface area contributed by atoms with Crippen LogP contribution in [-0.2, 0) is 25.8 Å². The second-order valence-electron chi connectivity index (χ2n) is 6.83. The molecule has 1 saturated carbocycles. The lowest BCUT2D eigenvalue weighted by atomic mass is 9.86. The van der Waals surface area contributed by atoms with Gasteiger partial charge in [-0.1, -0.05) is 44.7 Å².